The average Bonchev–Trinajstić information content (AvgIpc) is 3.24. The highest BCUT2D eigenvalue weighted by atomic mass is 32.1. The van der Waals surface area contributed by atoms with Crippen LogP contribution in [-0.2, 0) is 4.79 Å². The fraction of sp³-hybridized carbons (Fsp3) is 0.455. The van der Waals surface area contributed by atoms with Crippen LogP contribution in [0.5, 0.6) is 0 Å². The van der Waals surface area contributed by atoms with E-state index in [4.69, 9.17) is 0 Å². The topological polar surface area (TPSA) is 61.4 Å². The van der Waals surface area contributed by atoms with Crippen LogP contribution in [-0.4, -0.2) is 42.9 Å². The maximum atomic E-state index is 12.3. The Balaban J connectivity index is 1.45. The lowest BCUT2D eigenvalue weighted by Gasteiger charge is -2.36. The summed E-state index contributed by atoms with van der Waals surface area (Å²) < 4.78 is 0. The summed E-state index contributed by atoms with van der Waals surface area (Å²) in [6.07, 6.45) is 2.70. The largest absolute Gasteiger partial charge is 0.354 e. The second-order valence-electron chi connectivity index (χ2n) is 7.43. The lowest BCUT2D eigenvalue weighted by Crippen LogP contribution is -2.42. The molecule has 1 fully saturated rings. The quantitative estimate of drug-likeness (QED) is 0.715. The Kier molecular flexibility index (Phi) is 7.62. The highest BCUT2D eigenvalue weighted by molar-refractivity contribution is 7.10. The molecule has 28 heavy (non-hydrogen) atoms. The molecule has 2 amide bonds. The first kappa shape index (κ1) is 20.6. The number of rotatable bonds is 8. The van der Waals surface area contributed by atoms with Crippen molar-refractivity contribution in [1.29, 1.82) is 0 Å². The molecule has 1 aliphatic rings. The lowest BCUT2D eigenvalue weighted by molar-refractivity contribution is -0.121. The van der Waals surface area contributed by atoms with Crippen LogP contribution in [0, 0.1) is 5.92 Å². The summed E-state index contributed by atoms with van der Waals surface area (Å²) in [5.74, 6) is 0.607. The molecule has 3 rings (SSSR count). The minimum Gasteiger partial charge on any atom is -0.354 e. The van der Waals surface area contributed by atoms with Gasteiger partial charge in [-0.2, -0.15) is 0 Å². The number of amides is 2. The van der Waals surface area contributed by atoms with Gasteiger partial charge >= 0.3 is 0 Å². The molecule has 0 spiro atoms. The van der Waals surface area contributed by atoms with Crippen LogP contribution in [0.3, 0.4) is 0 Å². The number of likely N-dealkylation sites (tertiary alicyclic amines) is 1. The van der Waals surface area contributed by atoms with Crippen LogP contribution in [0.15, 0.2) is 47.8 Å². The van der Waals surface area contributed by atoms with E-state index in [0.717, 1.165) is 19.0 Å². The van der Waals surface area contributed by atoms with Gasteiger partial charge < -0.3 is 10.6 Å². The summed E-state index contributed by atoms with van der Waals surface area (Å²) >= 11 is 1.75. The van der Waals surface area contributed by atoms with Crippen molar-refractivity contribution in [2.75, 3.05) is 26.2 Å². The molecular weight excluding hydrogens is 370 g/mol. The number of carbonyl (C=O) groups excluding carboxylic acids is 2. The molecule has 1 aromatic carbocycles. The number of carbonyl (C=O) groups is 2. The van der Waals surface area contributed by atoms with E-state index >= 15 is 0 Å². The van der Waals surface area contributed by atoms with Gasteiger partial charge in [-0.15, -0.1) is 11.3 Å². The molecule has 0 saturated carbocycles. The lowest BCUT2D eigenvalue weighted by atomic mass is 9.97. The van der Waals surface area contributed by atoms with Gasteiger partial charge in [0.1, 0.15) is 0 Å². The van der Waals surface area contributed by atoms with E-state index in [1.165, 1.54) is 17.7 Å². The van der Waals surface area contributed by atoms with E-state index in [-0.39, 0.29) is 24.3 Å². The van der Waals surface area contributed by atoms with Crippen LogP contribution in [0.4, 0.5) is 0 Å². The minimum atomic E-state index is -0.146. The number of thiophene rings is 1. The summed E-state index contributed by atoms with van der Waals surface area (Å²) in [6, 6.07) is 13.5. The third-order valence-electron chi connectivity index (χ3n) is 5.30. The van der Waals surface area contributed by atoms with Gasteiger partial charge in [-0.1, -0.05) is 31.2 Å². The van der Waals surface area contributed by atoms with Gasteiger partial charge in [-0.25, -0.2) is 0 Å². The first-order valence-electron chi connectivity index (χ1n) is 10.0. The Morgan fingerprint density at radius 1 is 1.11 bits per heavy atom. The van der Waals surface area contributed by atoms with E-state index in [9.17, 15) is 9.59 Å². The van der Waals surface area contributed by atoms with Crippen LogP contribution in [0.1, 0.15) is 47.5 Å². The third-order valence-corrected chi connectivity index (χ3v) is 6.27. The molecule has 1 aromatic heterocycles. The predicted molar refractivity (Wildman–Crippen MR) is 113 cm³/mol. The van der Waals surface area contributed by atoms with Crippen molar-refractivity contribution in [3.8, 4) is 0 Å². The summed E-state index contributed by atoms with van der Waals surface area (Å²) in [7, 11) is 0. The summed E-state index contributed by atoms with van der Waals surface area (Å²) in [4.78, 5) is 28.1. The molecule has 2 aromatic rings. The number of benzene rings is 1. The van der Waals surface area contributed by atoms with Gasteiger partial charge in [0.15, 0.2) is 0 Å². The molecule has 1 saturated heterocycles. The van der Waals surface area contributed by atoms with Crippen LogP contribution < -0.4 is 10.6 Å². The van der Waals surface area contributed by atoms with E-state index < -0.39 is 0 Å². The van der Waals surface area contributed by atoms with Crippen molar-refractivity contribution in [2.24, 2.45) is 5.92 Å². The Hall–Kier alpha value is -2.18. The van der Waals surface area contributed by atoms with Crippen LogP contribution in [0.25, 0.3) is 0 Å². The Labute approximate surface area is 171 Å². The average molecular weight is 400 g/mol. The van der Waals surface area contributed by atoms with Crippen LogP contribution in [0.2, 0.25) is 0 Å². The first-order chi connectivity index (χ1) is 13.6. The molecule has 1 aliphatic heterocycles. The monoisotopic (exact) mass is 399 g/mol. The molecule has 5 nitrogen and oxygen atoms in total. The Morgan fingerprint density at radius 3 is 2.54 bits per heavy atom. The molecule has 1 unspecified atom stereocenters. The molecule has 2 heterocycles. The second-order valence-corrected chi connectivity index (χ2v) is 8.40. The molecular formula is C22H29N3O2S. The predicted octanol–water partition coefficient (Wildman–Crippen LogP) is 3.46. The van der Waals surface area contributed by atoms with Gasteiger partial charge in [-0.3, -0.25) is 14.5 Å². The zero-order valence-corrected chi connectivity index (χ0v) is 17.2. The molecule has 6 heteroatoms. The zero-order valence-electron chi connectivity index (χ0n) is 16.4. The van der Waals surface area contributed by atoms with E-state index in [1.807, 2.05) is 18.2 Å². The number of hydrogen-bond acceptors (Lipinski definition) is 4. The van der Waals surface area contributed by atoms with Crippen molar-refractivity contribution in [1.82, 2.24) is 15.5 Å². The summed E-state index contributed by atoms with van der Waals surface area (Å²) in [5.41, 5.74) is 0.611. The molecule has 0 bridgehead atoms. The van der Waals surface area contributed by atoms with E-state index in [0.29, 0.717) is 18.7 Å². The maximum Gasteiger partial charge on any atom is 0.251 e. The SMILES string of the molecule is CC1CCN(C(CNC(=O)CCNC(=O)c2ccccc2)c2cccs2)CC1. The van der Waals surface area contributed by atoms with Crippen molar-refractivity contribution in [3.05, 3.63) is 58.3 Å². The fourth-order valence-electron chi connectivity index (χ4n) is 3.51. The van der Waals surface area contributed by atoms with Gasteiger partial charge in [-0.05, 0) is 55.4 Å². The maximum absolute atomic E-state index is 12.3. The van der Waals surface area contributed by atoms with Crippen LogP contribution >= 0.6 is 11.3 Å². The molecule has 0 aliphatic carbocycles. The van der Waals surface area contributed by atoms with E-state index in [1.54, 1.807) is 23.5 Å². The Bertz CT molecular complexity index is 740. The number of nitrogens with zero attached hydrogens (tertiary/aromatic N) is 1. The van der Waals surface area contributed by atoms with E-state index in [2.05, 4.69) is 40.0 Å². The molecule has 1 atom stereocenters. The van der Waals surface area contributed by atoms with Crippen molar-refractivity contribution in [2.45, 2.75) is 32.2 Å². The molecule has 150 valence electrons. The Morgan fingerprint density at radius 2 is 1.86 bits per heavy atom. The first-order valence-corrected chi connectivity index (χ1v) is 10.9. The van der Waals surface area contributed by atoms with Gasteiger partial charge in [0.2, 0.25) is 5.91 Å². The molecule has 0 radical (unpaired) electrons. The number of piperidine rings is 1. The standard InChI is InChI=1S/C22H29N3O2S/c1-17-10-13-25(14-11-17)19(20-8-5-15-28-20)16-24-21(26)9-12-23-22(27)18-6-3-2-4-7-18/h2-8,15,17,19H,9-14,16H2,1H3,(H,23,27)(H,24,26). The normalized spacial score (nSPS) is 16.5. The fourth-order valence-corrected chi connectivity index (χ4v) is 4.37. The summed E-state index contributed by atoms with van der Waals surface area (Å²) in [5, 5.41) is 7.97. The minimum absolute atomic E-state index is 0.0275. The number of hydrogen-bond donors (Lipinski definition) is 2. The van der Waals surface area contributed by atoms with Gasteiger partial charge in [0.05, 0.1) is 6.04 Å². The van der Waals surface area contributed by atoms with Gasteiger partial charge in [0, 0.05) is 30.0 Å². The van der Waals surface area contributed by atoms with Crippen molar-refractivity contribution in [3.63, 3.8) is 0 Å². The smallest absolute Gasteiger partial charge is 0.251 e. The second kappa shape index (κ2) is 10.4. The number of nitrogens with one attached hydrogen (secondary N) is 2. The zero-order chi connectivity index (χ0) is 19.8. The summed E-state index contributed by atoms with van der Waals surface area (Å²) in [6.45, 7) is 5.41. The highest BCUT2D eigenvalue weighted by Crippen LogP contribution is 2.29. The third kappa shape index (κ3) is 5.91. The van der Waals surface area contributed by atoms with Gasteiger partial charge in [0.25, 0.3) is 5.91 Å². The molecule has 2 N–H and O–H groups in total. The van der Waals surface area contributed by atoms with Crippen molar-refractivity contribution < 1.29 is 9.59 Å². The highest BCUT2D eigenvalue weighted by Gasteiger charge is 2.25. The van der Waals surface area contributed by atoms with Crippen molar-refractivity contribution >= 4 is 23.2 Å².